The number of pyridine rings is 2. The first-order valence-electron chi connectivity index (χ1n) is 11.5. The van der Waals surface area contributed by atoms with Crippen LogP contribution in [0, 0.1) is 13.8 Å². The number of aromatic carboxylic acids is 1. The highest BCUT2D eigenvalue weighted by Gasteiger charge is 2.41. The minimum absolute atomic E-state index is 0.0625. The summed E-state index contributed by atoms with van der Waals surface area (Å²) >= 11 is 0. The Morgan fingerprint density at radius 1 is 1.11 bits per heavy atom. The summed E-state index contributed by atoms with van der Waals surface area (Å²) in [6, 6.07) is 5.03. The van der Waals surface area contributed by atoms with Crippen molar-refractivity contribution in [1.82, 2.24) is 19.7 Å². The van der Waals surface area contributed by atoms with E-state index in [4.69, 9.17) is 9.51 Å². The average molecular weight is 481 g/mol. The van der Waals surface area contributed by atoms with Gasteiger partial charge < -0.3 is 14.2 Å². The molecule has 9 heteroatoms. The van der Waals surface area contributed by atoms with E-state index in [2.05, 4.69) is 10.1 Å². The first-order valence-corrected chi connectivity index (χ1v) is 11.5. The van der Waals surface area contributed by atoms with Gasteiger partial charge in [-0.1, -0.05) is 11.2 Å². The van der Waals surface area contributed by atoms with Gasteiger partial charge in [-0.15, -0.1) is 0 Å². The normalized spacial score (nSPS) is 22.5. The molecule has 0 spiro atoms. The molecule has 0 radical (unpaired) electrons. The highest BCUT2D eigenvalue weighted by molar-refractivity contribution is 5.95. The van der Waals surface area contributed by atoms with Gasteiger partial charge in [0.25, 0.3) is 0 Å². The Balaban J connectivity index is 1.62. The van der Waals surface area contributed by atoms with Crippen LogP contribution in [-0.2, 0) is 6.54 Å². The summed E-state index contributed by atoms with van der Waals surface area (Å²) in [6.07, 6.45) is 5.66. The molecule has 1 aliphatic rings. The molecule has 0 aliphatic heterocycles. The fraction of sp³-hybridized carbons (Fsp3) is 0.385. The number of alkyl halides is 2. The van der Waals surface area contributed by atoms with Gasteiger partial charge in [0, 0.05) is 40.8 Å². The number of fused-ring (bicyclic) bond motifs is 1. The molecule has 0 amide bonds. The Labute approximate surface area is 200 Å². The number of carbonyl (C=O) groups is 1. The van der Waals surface area contributed by atoms with E-state index in [0.717, 1.165) is 16.8 Å². The lowest BCUT2D eigenvalue weighted by atomic mass is 9.79. The zero-order chi connectivity index (χ0) is 25.0. The van der Waals surface area contributed by atoms with E-state index < -0.39 is 17.3 Å². The Morgan fingerprint density at radius 2 is 1.83 bits per heavy atom. The number of hydrogen-bond donors (Lipinski definition) is 1. The molecule has 1 aliphatic carbocycles. The first-order chi connectivity index (χ1) is 16.6. The fourth-order valence-corrected chi connectivity index (χ4v) is 4.90. The molecule has 0 unspecified atom stereocenters. The predicted octanol–water partition coefficient (Wildman–Crippen LogP) is 6.08. The second-order valence-electron chi connectivity index (χ2n) is 9.76. The summed E-state index contributed by atoms with van der Waals surface area (Å²) in [7, 11) is 0. The maximum absolute atomic E-state index is 15.9. The predicted molar refractivity (Wildman–Crippen MR) is 127 cm³/mol. The third-order valence-electron chi connectivity index (χ3n) is 6.98. The van der Waals surface area contributed by atoms with Crippen LogP contribution in [0.25, 0.3) is 33.3 Å². The first kappa shape index (κ1) is 23.1. The fourth-order valence-electron chi connectivity index (χ4n) is 4.90. The number of halogens is 2. The second-order valence-corrected chi connectivity index (χ2v) is 9.76. The molecule has 5 rings (SSSR count). The molecule has 1 saturated carbocycles. The van der Waals surface area contributed by atoms with Crippen molar-refractivity contribution in [3.05, 3.63) is 53.9 Å². The van der Waals surface area contributed by atoms with Crippen molar-refractivity contribution in [2.24, 2.45) is 0 Å². The van der Waals surface area contributed by atoms with Crippen LogP contribution in [0.5, 0.6) is 0 Å². The highest BCUT2D eigenvalue weighted by atomic mass is 19.1. The second kappa shape index (κ2) is 8.25. The van der Waals surface area contributed by atoms with E-state index in [1.807, 2.05) is 30.7 Å². The zero-order valence-corrected chi connectivity index (χ0v) is 19.8. The molecular weight excluding hydrogens is 454 g/mol. The van der Waals surface area contributed by atoms with Gasteiger partial charge in [0.05, 0.1) is 23.3 Å². The summed E-state index contributed by atoms with van der Waals surface area (Å²) in [5, 5.41) is 13.2. The summed E-state index contributed by atoms with van der Waals surface area (Å²) in [5.41, 5.74) is 2.15. The Morgan fingerprint density at radius 3 is 2.43 bits per heavy atom. The summed E-state index contributed by atoms with van der Waals surface area (Å²) in [4.78, 5) is 19.9. The lowest BCUT2D eigenvalue weighted by molar-refractivity contribution is 0.0132. The monoisotopic (exact) mass is 480 g/mol. The minimum atomic E-state index is -1.54. The summed E-state index contributed by atoms with van der Waals surface area (Å²) in [6.45, 7) is 5.27. The number of aromatic nitrogens is 4. The Kier molecular flexibility index (Phi) is 5.45. The number of rotatable bonds is 5. The van der Waals surface area contributed by atoms with E-state index in [9.17, 15) is 14.3 Å². The molecule has 35 heavy (non-hydrogen) atoms. The molecule has 0 bridgehead atoms. The lowest BCUT2D eigenvalue weighted by Gasteiger charge is -2.36. The van der Waals surface area contributed by atoms with Crippen LogP contribution in [0.4, 0.5) is 8.78 Å². The van der Waals surface area contributed by atoms with Gasteiger partial charge in [0.2, 0.25) is 0 Å². The molecule has 0 atom stereocenters. The van der Waals surface area contributed by atoms with Gasteiger partial charge >= 0.3 is 5.97 Å². The van der Waals surface area contributed by atoms with Crippen LogP contribution in [-0.4, -0.2) is 42.1 Å². The minimum Gasteiger partial charge on any atom is -0.477 e. The molecule has 1 fully saturated rings. The maximum Gasteiger partial charge on any atom is 0.354 e. The number of carboxylic acid groups (broad SMARTS) is 1. The Bertz CT molecular complexity index is 1390. The van der Waals surface area contributed by atoms with Gasteiger partial charge in [-0.2, -0.15) is 0 Å². The van der Waals surface area contributed by atoms with Gasteiger partial charge in [0.1, 0.15) is 22.8 Å². The number of carboxylic acids is 1. The van der Waals surface area contributed by atoms with Crippen molar-refractivity contribution in [3.63, 3.8) is 0 Å². The van der Waals surface area contributed by atoms with Crippen molar-refractivity contribution in [2.75, 3.05) is 0 Å². The SMILES string of the molecule is Cc1noc(C)c1-c1cnc2c(-c3ccc(C(=O)O)nc3)cn(CC3(F)CCC(C)(F)CC3)c2c1. The number of hydrogen-bond acceptors (Lipinski definition) is 5. The molecule has 1 N–H and O–H groups in total. The van der Waals surface area contributed by atoms with Gasteiger partial charge in [-0.25, -0.2) is 18.6 Å². The van der Waals surface area contributed by atoms with Crippen LogP contribution in [0.2, 0.25) is 0 Å². The molecule has 0 saturated heterocycles. The third kappa shape index (κ3) is 4.31. The lowest BCUT2D eigenvalue weighted by Crippen LogP contribution is -2.38. The highest BCUT2D eigenvalue weighted by Crippen LogP contribution is 2.42. The van der Waals surface area contributed by atoms with Crippen molar-refractivity contribution in [2.45, 2.75) is 64.3 Å². The quantitative estimate of drug-likeness (QED) is 0.372. The van der Waals surface area contributed by atoms with Crippen LogP contribution in [0.15, 0.2) is 41.3 Å². The van der Waals surface area contributed by atoms with Gasteiger partial charge in [-0.3, -0.25) is 4.98 Å². The van der Waals surface area contributed by atoms with E-state index in [-0.39, 0.29) is 37.9 Å². The maximum atomic E-state index is 15.9. The summed E-state index contributed by atoms with van der Waals surface area (Å²) < 4.78 is 37.4. The van der Waals surface area contributed by atoms with E-state index in [1.165, 1.54) is 19.2 Å². The molecule has 0 aromatic carbocycles. The largest absolute Gasteiger partial charge is 0.477 e. The molecular formula is C26H26F2N4O3. The molecule has 4 aromatic rings. The summed E-state index contributed by atoms with van der Waals surface area (Å²) in [5.74, 6) is -0.454. The molecule has 4 aromatic heterocycles. The standard InChI is InChI=1S/C26H26F2N4O3/c1-15-22(16(2)35-31-15)18-10-21-23(30-12-18)19(17-4-5-20(24(33)34)29-11-17)13-32(21)14-26(28)8-6-25(3,27)7-9-26/h4-5,10-13H,6-9,14H2,1-3H3,(H,33,34). The van der Waals surface area contributed by atoms with Crippen LogP contribution in [0.1, 0.15) is 54.5 Å². The van der Waals surface area contributed by atoms with Crippen LogP contribution in [0.3, 0.4) is 0 Å². The smallest absolute Gasteiger partial charge is 0.354 e. The van der Waals surface area contributed by atoms with E-state index in [0.29, 0.717) is 27.9 Å². The van der Waals surface area contributed by atoms with Crippen molar-refractivity contribution in [3.8, 4) is 22.3 Å². The average Bonchev–Trinajstić information content (AvgIpc) is 3.35. The van der Waals surface area contributed by atoms with E-state index >= 15 is 4.39 Å². The zero-order valence-electron chi connectivity index (χ0n) is 19.8. The van der Waals surface area contributed by atoms with Gasteiger partial charge in [0.15, 0.2) is 0 Å². The number of aryl methyl sites for hydroxylation is 2. The van der Waals surface area contributed by atoms with Crippen LogP contribution < -0.4 is 0 Å². The van der Waals surface area contributed by atoms with Gasteiger partial charge in [-0.05, 0) is 58.6 Å². The third-order valence-corrected chi connectivity index (χ3v) is 6.98. The van der Waals surface area contributed by atoms with Crippen LogP contribution >= 0.6 is 0 Å². The van der Waals surface area contributed by atoms with E-state index in [1.54, 1.807) is 12.3 Å². The van der Waals surface area contributed by atoms with Crippen molar-refractivity contribution < 1.29 is 23.2 Å². The molecule has 4 heterocycles. The number of nitrogens with zero attached hydrogens (tertiary/aromatic N) is 4. The topological polar surface area (TPSA) is 94.0 Å². The molecule has 182 valence electrons. The molecule has 7 nitrogen and oxygen atoms in total. The Hall–Kier alpha value is -3.62. The van der Waals surface area contributed by atoms with Crippen molar-refractivity contribution in [1.29, 1.82) is 0 Å². The van der Waals surface area contributed by atoms with Crippen molar-refractivity contribution >= 4 is 17.0 Å².